The number of benzene rings is 3. The van der Waals surface area contributed by atoms with Gasteiger partial charge in [-0.3, -0.25) is 9.59 Å². The van der Waals surface area contributed by atoms with Crippen LogP contribution in [-0.2, 0) is 26.5 Å². The number of likely N-dealkylation sites (N-methyl/N-ethyl adjacent to an activating group) is 1. The Bertz CT molecular complexity index is 1940. The van der Waals surface area contributed by atoms with Crippen molar-refractivity contribution in [2.45, 2.75) is 57.0 Å². The highest BCUT2D eigenvalue weighted by Crippen LogP contribution is 2.54. The highest BCUT2D eigenvalue weighted by Gasteiger charge is 2.55. The second-order valence-electron chi connectivity index (χ2n) is 11.5. The molecule has 0 saturated carbocycles. The van der Waals surface area contributed by atoms with Gasteiger partial charge in [0.1, 0.15) is 12.3 Å². The summed E-state index contributed by atoms with van der Waals surface area (Å²) in [5.74, 6) is -0.196. The van der Waals surface area contributed by atoms with E-state index in [9.17, 15) is 9.59 Å². The molecule has 0 radical (unpaired) electrons. The summed E-state index contributed by atoms with van der Waals surface area (Å²) in [7, 11) is 3.49. The van der Waals surface area contributed by atoms with Gasteiger partial charge in [-0.2, -0.15) is 0 Å². The van der Waals surface area contributed by atoms with Gasteiger partial charge in [-0.1, -0.05) is 36.4 Å². The average molecular weight is 538 g/mol. The maximum absolute atomic E-state index is 13.5. The third-order valence-electron chi connectivity index (χ3n) is 9.43. The van der Waals surface area contributed by atoms with Crippen LogP contribution in [0.2, 0.25) is 0 Å². The molecule has 0 aliphatic carbocycles. The first-order valence-corrected chi connectivity index (χ1v) is 13.8. The summed E-state index contributed by atoms with van der Waals surface area (Å²) >= 11 is 0. The number of carbonyl (C=O) groups is 2. The van der Waals surface area contributed by atoms with E-state index in [0.717, 1.165) is 54.7 Å². The topological polar surface area (TPSA) is 104 Å². The standard InChI is InChI=1S/C31H31N5O4/c1-15(32)30(38)34(3)21-13-22-35-19-11-7-5-9-16(19)24-25-18(14-33-29(25)37)23-17-10-6-8-12-20(17)36(27(23)26(24)35)31(2,40-22)28(21)39-4/h5-12,15,21-22,28H,13-14,32H2,1-4H3,(H,33,37)/t15-,21+,22+,28+,31-/m0/s1. The first-order chi connectivity index (χ1) is 19.3. The Hall–Kier alpha value is -3.92. The quantitative estimate of drug-likeness (QED) is 0.363. The molecule has 2 aromatic heterocycles. The first-order valence-electron chi connectivity index (χ1n) is 13.8. The smallest absolute Gasteiger partial charge is 0.252 e. The third-order valence-corrected chi connectivity index (χ3v) is 9.43. The van der Waals surface area contributed by atoms with Crippen molar-refractivity contribution >= 4 is 55.4 Å². The Balaban J connectivity index is 1.60. The molecule has 8 rings (SSSR count). The second-order valence-corrected chi connectivity index (χ2v) is 11.5. The van der Waals surface area contributed by atoms with Crippen LogP contribution < -0.4 is 11.1 Å². The lowest BCUT2D eigenvalue weighted by Gasteiger charge is -2.50. The van der Waals surface area contributed by atoms with Crippen LogP contribution in [-0.4, -0.2) is 58.2 Å². The van der Waals surface area contributed by atoms with Gasteiger partial charge in [0.25, 0.3) is 5.91 Å². The molecule has 3 N–H and O–H groups in total. The van der Waals surface area contributed by atoms with Crippen molar-refractivity contribution in [2.24, 2.45) is 5.73 Å². The predicted octanol–water partition coefficient (Wildman–Crippen LogP) is 3.94. The van der Waals surface area contributed by atoms with Gasteiger partial charge in [0, 0.05) is 48.7 Å². The SMILES string of the molecule is CO[C@@H]1[C@H](N(C)C(=O)[C@H](C)N)C[C@H]2O[C@]1(C)n1c3ccccc3c3c4c(c5c6ccccc6n2c5c31)C(=O)NC4. The summed E-state index contributed by atoms with van der Waals surface area (Å²) in [5, 5.41) is 7.19. The number of aromatic nitrogens is 2. The van der Waals surface area contributed by atoms with Crippen LogP contribution in [0.3, 0.4) is 0 Å². The highest BCUT2D eigenvalue weighted by molar-refractivity contribution is 6.31. The summed E-state index contributed by atoms with van der Waals surface area (Å²) in [6, 6.07) is 15.5. The predicted molar refractivity (Wildman–Crippen MR) is 153 cm³/mol. The Morgan fingerprint density at radius 3 is 2.50 bits per heavy atom. The van der Waals surface area contributed by atoms with E-state index in [4.69, 9.17) is 15.2 Å². The number of carbonyl (C=O) groups excluding carboxylic acids is 2. The lowest BCUT2D eigenvalue weighted by atomic mass is 9.91. The van der Waals surface area contributed by atoms with E-state index in [0.29, 0.717) is 13.0 Å². The van der Waals surface area contributed by atoms with E-state index in [1.54, 1.807) is 18.9 Å². The van der Waals surface area contributed by atoms with E-state index < -0.39 is 24.1 Å². The van der Waals surface area contributed by atoms with E-state index in [1.807, 2.05) is 31.3 Å². The summed E-state index contributed by atoms with van der Waals surface area (Å²) in [4.78, 5) is 28.5. The Kier molecular flexibility index (Phi) is 4.69. The molecule has 3 aliphatic heterocycles. The maximum Gasteiger partial charge on any atom is 0.252 e. The van der Waals surface area contributed by atoms with Gasteiger partial charge in [-0.25, -0.2) is 0 Å². The van der Waals surface area contributed by atoms with Gasteiger partial charge in [-0.15, -0.1) is 0 Å². The number of hydrogen-bond donors (Lipinski definition) is 2. The molecule has 1 saturated heterocycles. The number of nitrogens with two attached hydrogens (primary N) is 1. The number of ether oxygens (including phenoxy) is 2. The largest absolute Gasteiger partial charge is 0.374 e. The van der Waals surface area contributed by atoms with Crippen LogP contribution in [0.25, 0.3) is 43.6 Å². The lowest BCUT2D eigenvalue weighted by Crippen LogP contribution is -2.62. The van der Waals surface area contributed by atoms with Gasteiger partial charge < -0.3 is 34.6 Å². The second kappa shape index (κ2) is 7.84. The third kappa shape index (κ3) is 2.67. The number of fused-ring (bicyclic) bond motifs is 13. The number of rotatable bonds is 3. The van der Waals surface area contributed by atoms with Crippen molar-refractivity contribution in [1.82, 2.24) is 19.4 Å². The maximum atomic E-state index is 13.5. The van der Waals surface area contributed by atoms with Crippen LogP contribution in [0.4, 0.5) is 0 Å². The molecule has 40 heavy (non-hydrogen) atoms. The van der Waals surface area contributed by atoms with E-state index in [-0.39, 0.29) is 17.9 Å². The van der Waals surface area contributed by atoms with Crippen LogP contribution in [0, 0.1) is 0 Å². The Labute approximate surface area is 230 Å². The van der Waals surface area contributed by atoms with Gasteiger partial charge in [0.05, 0.1) is 39.7 Å². The summed E-state index contributed by atoms with van der Waals surface area (Å²) in [5.41, 5.74) is 10.8. The van der Waals surface area contributed by atoms with Crippen LogP contribution in [0.5, 0.6) is 0 Å². The number of nitrogens with one attached hydrogen (secondary N) is 1. The minimum Gasteiger partial charge on any atom is -0.374 e. The zero-order valence-corrected chi connectivity index (χ0v) is 22.9. The van der Waals surface area contributed by atoms with Crippen LogP contribution >= 0.6 is 0 Å². The molecule has 3 aromatic carbocycles. The molecule has 0 unspecified atom stereocenters. The van der Waals surface area contributed by atoms with Crippen molar-refractivity contribution < 1.29 is 19.1 Å². The lowest BCUT2D eigenvalue weighted by molar-refractivity contribution is -0.266. The fraction of sp³-hybridized carbons (Fsp3) is 0.355. The van der Waals surface area contributed by atoms with Gasteiger partial charge in [0.2, 0.25) is 5.91 Å². The molecular weight excluding hydrogens is 506 g/mol. The van der Waals surface area contributed by atoms with Gasteiger partial charge in [0.15, 0.2) is 5.72 Å². The Morgan fingerprint density at radius 1 is 1.12 bits per heavy atom. The molecule has 1 fully saturated rings. The monoisotopic (exact) mass is 537 g/mol. The van der Waals surface area contributed by atoms with E-state index in [1.165, 1.54) is 0 Å². The molecule has 5 heterocycles. The minimum atomic E-state index is -0.979. The van der Waals surface area contributed by atoms with E-state index >= 15 is 0 Å². The fourth-order valence-electron chi connectivity index (χ4n) is 7.88. The normalized spacial score (nSPS) is 26.0. The van der Waals surface area contributed by atoms with Crippen LogP contribution in [0.15, 0.2) is 48.5 Å². The summed E-state index contributed by atoms with van der Waals surface area (Å²) in [6.07, 6.45) is -0.407. The van der Waals surface area contributed by atoms with Gasteiger partial charge in [-0.05, 0) is 31.5 Å². The summed E-state index contributed by atoms with van der Waals surface area (Å²) < 4.78 is 17.9. The van der Waals surface area contributed by atoms with Crippen molar-refractivity contribution in [1.29, 1.82) is 0 Å². The van der Waals surface area contributed by atoms with Crippen molar-refractivity contribution in [3.8, 4) is 0 Å². The molecule has 3 aliphatic rings. The van der Waals surface area contributed by atoms with Crippen molar-refractivity contribution in [3.05, 3.63) is 59.7 Å². The number of nitrogens with zero attached hydrogens (tertiary/aromatic N) is 3. The van der Waals surface area contributed by atoms with Crippen molar-refractivity contribution in [2.75, 3.05) is 14.2 Å². The van der Waals surface area contributed by atoms with Gasteiger partial charge >= 0.3 is 0 Å². The zero-order chi connectivity index (χ0) is 27.7. The number of methoxy groups -OCH3 is 1. The molecule has 9 heteroatoms. The number of amides is 2. The molecule has 5 aromatic rings. The molecule has 0 spiro atoms. The highest BCUT2D eigenvalue weighted by atomic mass is 16.6. The first kappa shape index (κ1) is 23.9. The number of para-hydroxylation sites is 2. The molecule has 5 atom stereocenters. The van der Waals surface area contributed by atoms with Crippen LogP contribution in [0.1, 0.15) is 42.4 Å². The van der Waals surface area contributed by atoms with Crippen molar-refractivity contribution in [3.63, 3.8) is 0 Å². The van der Waals surface area contributed by atoms with E-state index in [2.05, 4.69) is 45.6 Å². The average Bonchev–Trinajstić information content (AvgIpc) is 3.59. The minimum absolute atomic E-state index is 0.0501. The fourth-order valence-corrected chi connectivity index (χ4v) is 7.88. The molecule has 2 amide bonds. The summed E-state index contributed by atoms with van der Waals surface area (Å²) in [6.45, 7) is 4.24. The molecule has 2 bridgehead atoms. The molecule has 9 nitrogen and oxygen atoms in total. The molecule has 204 valence electrons. The number of hydrogen-bond acceptors (Lipinski definition) is 5. The Morgan fingerprint density at radius 2 is 1.80 bits per heavy atom. The zero-order valence-electron chi connectivity index (χ0n) is 22.9. The molecular formula is C31H31N5O4.